The topological polar surface area (TPSA) is 171 Å². The van der Waals surface area contributed by atoms with Crippen molar-refractivity contribution in [1.82, 2.24) is 5.32 Å². The molecule has 5 N–H and O–H groups in total. The van der Waals surface area contributed by atoms with Crippen LogP contribution in [0.4, 0.5) is 42.5 Å². The third kappa shape index (κ3) is 12.2. The van der Waals surface area contributed by atoms with Crippen LogP contribution >= 0.6 is 0 Å². The number of carbonyl (C=O) groups excluding carboxylic acids is 3. The molecule has 0 aliphatic heterocycles. The van der Waals surface area contributed by atoms with E-state index in [0.29, 0.717) is 35.2 Å². The van der Waals surface area contributed by atoms with Gasteiger partial charge in [-0.25, -0.2) is 19.2 Å². The predicted octanol–water partition coefficient (Wildman–Crippen LogP) is 7.92. The number of hydrogen-bond donors (Lipinski definition) is 5. The van der Waals surface area contributed by atoms with Crippen LogP contribution in [0.1, 0.15) is 64.7 Å². The van der Waals surface area contributed by atoms with Gasteiger partial charge in [0.15, 0.2) is 0 Å². The summed E-state index contributed by atoms with van der Waals surface area (Å²) in [6.45, 7) is 5.09. The normalized spacial score (nSPS) is 13.8. The molecule has 1 aliphatic carbocycles. The lowest BCUT2D eigenvalue weighted by Gasteiger charge is -2.28. The summed E-state index contributed by atoms with van der Waals surface area (Å²) in [6.07, 6.45) is -6.03. The van der Waals surface area contributed by atoms with Crippen molar-refractivity contribution in [1.29, 1.82) is 0 Å². The van der Waals surface area contributed by atoms with Gasteiger partial charge in [-0.05, 0) is 79.5 Å². The van der Waals surface area contributed by atoms with Crippen LogP contribution < -0.4 is 16.0 Å². The Labute approximate surface area is 299 Å². The number of aliphatic carboxylic acids is 2. The number of ether oxygens (including phenoxy) is 1. The Morgan fingerprint density at radius 1 is 0.774 bits per heavy atom. The van der Waals surface area contributed by atoms with Gasteiger partial charge in [0.1, 0.15) is 12.6 Å². The molecule has 4 rings (SSSR count). The fourth-order valence-electron chi connectivity index (χ4n) is 5.76. The SMILES string of the molecule is Cc1cc(C)c(NC(=O)Nc2cc(-c3ccc(COC(=O)C(F)(F)F)cc3)ccc2C(=O)N[C@H](C(=O)O)C2CCCCC2)c(C)c1.O=C(O)C(F)(F)F. The summed E-state index contributed by atoms with van der Waals surface area (Å²) >= 11 is 0. The highest BCUT2D eigenvalue weighted by molar-refractivity contribution is 6.08. The number of urea groups is 1. The van der Waals surface area contributed by atoms with Crippen LogP contribution in [0.25, 0.3) is 11.1 Å². The molecule has 1 saturated carbocycles. The third-order valence-electron chi connectivity index (χ3n) is 8.23. The van der Waals surface area contributed by atoms with E-state index in [1.807, 2.05) is 32.9 Å². The number of carboxylic acid groups (broad SMARTS) is 2. The van der Waals surface area contributed by atoms with Crippen molar-refractivity contribution in [3.8, 4) is 11.1 Å². The van der Waals surface area contributed by atoms with E-state index in [-0.39, 0.29) is 17.2 Å². The Kier molecular flexibility index (Phi) is 14.0. The first kappa shape index (κ1) is 41.8. The lowest BCUT2D eigenvalue weighted by molar-refractivity contribution is -0.201. The van der Waals surface area contributed by atoms with Crippen molar-refractivity contribution >= 4 is 41.2 Å². The monoisotopic (exact) mass is 753 g/mol. The number of hydrogen-bond acceptors (Lipinski definition) is 6. The minimum absolute atomic E-state index is 0.0500. The summed E-state index contributed by atoms with van der Waals surface area (Å²) in [6, 6.07) is 12.9. The molecule has 3 aromatic rings. The van der Waals surface area contributed by atoms with Gasteiger partial charge in [-0.1, -0.05) is 67.3 Å². The number of carbonyl (C=O) groups is 5. The summed E-state index contributed by atoms with van der Waals surface area (Å²) in [5.74, 6) is -7.05. The van der Waals surface area contributed by atoms with Gasteiger partial charge in [0.2, 0.25) is 0 Å². The number of nitrogens with one attached hydrogen (secondary N) is 3. The van der Waals surface area contributed by atoms with Crippen molar-refractivity contribution < 1.29 is 65.3 Å². The molecule has 0 saturated heterocycles. The van der Waals surface area contributed by atoms with Gasteiger partial charge < -0.3 is 30.9 Å². The number of halogens is 6. The van der Waals surface area contributed by atoms with Gasteiger partial charge in [0.05, 0.1) is 11.3 Å². The number of alkyl halides is 6. The zero-order chi connectivity index (χ0) is 39.7. The number of esters is 1. The van der Waals surface area contributed by atoms with E-state index in [9.17, 15) is 50.6 Å². The Hall–Kier alpha value is -5.61. The van der Waals surface area contributed by atoms with Crippen molar-refractivity contribution in [3.05, 3.63) is 82.4 Å². The van der Waals surface area contributed by atoms with E-state index < -0.39 is 54.8 Å². The van der Waals surface area contributed by atoms with Crippen molar-refractivity contribution in [2.24, 2.45) is 5.92 Å². The Morgan fingerprint density at radius 2 is 1.32 bits per heavy atom. The Balaban J connectivity index is 0.000000980. The van der Waals surface area contributed by atoms with Crippen LogP contribution in [0.15, 0.2) is 54.6 Å². The summed E-state index contributed by atoms with van der Waals surface area (Å²) in [7, 11) is 0. The maximum absolute atomic E-state index is 13.5. The summed E-state index contributed by atoms with van der Waals surface area (Å²) < 4.78 is 73.4. The molecule has 11 nitrogen and oxygen atoms in total. The summed E-state index contributed by atoms with van der Waals surface area (Å²) in [4.78, 5) is 58.9. The van der Waals surface area contributed by atoms with Crippen LogP contribution in [0.3, 0.4) is 0 Å². The Morgan fingerprint density at radius 3 is 1.83 bits per heavy atom. The van der Waals surface area contributed by atoms with Gasteiger partial charge in [-0.2, -0.15) is 26.3 Å². The average molecular weight is 754 g/mol. The second-order valence-electron chi connectivity index (χ2n) is 12.4. The molecule has 0 unspecified atom stereocenters. The van der Waals surface area contributed by atoms with Crippen LogP contribution in [-0.4, -0.2) is 58.5 Å². The van der Waals surface area contributed by atoms with Crippen LogP contribution in [0.5, 0.6) is 0 Å². The van der Waals surface area contributed by atoms with E-state index in [2.05, 4.69) is 20.7 Å². The number of anilines is 2. The van der Waals surface area contributed by atoms with Gasteiger partial charge in [-0.3, -0.25) is 4.79 Å². The zero-order valence-corrected chi connectivity index (χ0v) is 28.7. The molecule has 0 radical (unpaired) electrons. The quantitative estimate of drug-likeness (QED) is 0.108. The first-order chi connectivity index (χ1) is 24.7. The van der Waals surface area contributed by atoms with Gasteiger partial charge in [0.25, 0.3) is 5.91 Å². The van der Waals surface area contributed by atoms with Crippen molar-refractivity contribution in [2.75, 3.05) is 10.6 Å². The second kappa shape index (κ2) is 17.7. The molecule has 1 fully saturated rings. The number of carboxylic acids is 2. The van der Waals surface area contributed by atoms with Gasteiger partial charge in [0, 0.05) is 5.69 Å². The minimum atomic E-state index is -5.10. The highest BCUT2D eigenvalue weighted by atomic mass is 19.4. The average Bonchev–Trinajstić information content (AvgIpc) is 3.07. The molecule has 3 amide bonds. The van der Waals surface area contributed by atoms with E-state index in [1.165, 1.54) is 18.2 Å². The second-order valence-corrected chi connectivity index (χ2v) is 12.4. The van der Waals surface area contributed by atoms with Gasteiger partial charge >= 0.3 is 36.3 Å². The van der Waals surface area contributed by atoms with E-state index in [0.717, 1.165) is 36.0 Å². The Bertz CT molecular complexity index is 1800. The number of amides is 3. The fraction of sp³-hybridized carbons (Fsp3) is 0.361. The lowest BCUT2D eigenvalue weighted by Crippen LogP contribution is -2.46. The standard InChI is InChI=1S/C34H36F3N3O6.C2HF3O2/c1-19-15-20(2)28(21(3)16-19)40-33(45)38-27-17-25(23-11-9-22(10-12-23)18-46-32(44)34(35,36)37)13-14-26(27)30(41)39-29(31(42)43)24-7-5-4-6-8-24;3-2(4,5)1(6)7/h9-17,24,29H,4-8,18H2,1-3H3,(H,39,41)(H,42,43)(H2,38,40,45);(H,6,7)/t29-;/m0./s1. The predicted molar refractivity (Wildman–Crippen MR) is 180 cm³/mol. The summed E-state index contributed by atoms with van der Waals surface area (Å²) in [5.41, 5.74) is 4.96. The highest BCUT2D eigenvalue weighted by Gasteiger charge is 2.41. The maximum Gasteiger partial charge on any atom is 0.490 e. The van der Waals surface area contributed by atoms with Crippen LogP contribution in [0.2, 0.25) is 0 Å². The smallest absolute Gasteiger partial charge is 0.480 e. The molecule has 1 aliphatic rings. The largest absolute Gasteiger partial charge is 0.490 e. The molecule has 0 heterocycles. The molecule has 1 atom stereocenters. The molecular formula is C36H37F6N3O8. The van der Waals surface area contributed by atoms with E-state index in [4.69, 9.17) is 9.90 Å². The first-order valence-electron chi connectivity index (χ1n) is 16.1. The lowest BCUT2D eigenvalue weighted by atomic mass is 9.83. The molecule has 286 valence electrons. The van der Waals surface area contributed by atoms with E-state index >= 15 is 0 Å². The first-order valence-corrected chi connectivity index (χ1v) is 16.1. The van der Waals surface area contributed by atoms with Crippen LogP contribution in [0, 0.1) is 26.7 Å². The zero-order valence-electron chi connectivity index (χ0n) is 28.7. The van der Waals surface area contributed by atoms with Gasteiger partial charge in [-0.15, -0.1) is 0 Å². The van der Waals surface area contributed by atoms with Crippen molar-refractivity contribution in [3.63, 3.8) is 0 Å². The molecule has 0 spiro atoms. The van der Waals surface area contributed by atoms with E-state index in [1.54, 1.807) is 24.3 Å². The number of aryl methyl sites for hydroxylation is 3. The maximum atomic E-state index is 13.5. The fourth-order valence-corrected chi connectivity index (χ4v) is 5.76. The van der Waals surface area contributed by atoms with Crippen molar-refractivity contribution in [2.45, 2.75) is 77.9 Å². The number of benzene rings is 3. The molecular weight excluding hydrogens is 716 g/mol. The summed E-state index contributed by atoms with van der Waals surface area (Å²) in [5, 5.41) is 25.3. The number of rotatable bonds is 9. The molecule has 0 aromatic heterocycles. The molecule has 17 heteroatoms. The third-order valence-corrected chi connectivity index (χ3v) is 8.23. The van der Waals surface area contributed by atoms with Crippen LogP contribution in [-0.2, 0) is 25.7 Å². The minimum Gasteiger partial charge on any atom is -0.480 e. The molecule has 3 aromatic carbocycles. The molecule has 53 heavy (non-hydrogen) atoms. The highest BCUT2D eigenvalue weighted by Crippen LogP contribution is 2.30. The molecule has 0 bridgehead atoms.